The summed E-state index contributed by atoms with van der Waals surface area (Å²) >= 11 is 0. The Bertz CT molecular complexity index is 1570. The number of hydrogen-bond acceptors (Lipinski definition) is 5. The SMILES string of the molecule is O=C(CCCC(COCc1ccccc1)C(=O)Nc1ccc(Oc2ccccc2)cc1)c1cnc2ccccc2c1. The second-order valence-corrected chi connectivity index (χ2v) is 9.86. The lowest BCUT2D eigenvalue weighted by atomic mass is 9.98. The van der Waals surface area contributed by atoms with Crippen LogP contribution in [0.4, 0.5) is 5.69 Å². The van der Waals surface area contributed by atoms with Gasteiger partial charge in [0.25, 0.3) is 0 Å². The van der Waals surface area contributed by atoms with Crippen LogP contribution < -0.4 is 10.1 Å². The molecule has 1 heterocycles. The van der Waals surface area contributed by atoms with Crippen molar-refractivity contribution in [2.75, 3.05) is 11.9 Å². The van der Waals surface area contributed by atoms with Crippen molar-refractivity contribution in [3.8, 4) is 11.5 Å². The van der Waals surface area contributed by atoms with Gasteiger partial charge in [0, 0.05) is 29.3 Å². The number of carbonyl (C=O) groups is 2. The smallest absolute Gasteiger partial charge is 0.229 e. The lowest BCUT2D eigenvalue weighted by Gasteiger charge is -2.17. The number of carbonyl (C=O) groups excluding carboxylic acids is 2. The van der Waals surface area contributed by atoms with E-state index in [9.17, 15) is 9.59 Å². The summed E-state index contributed by atoms with van der Waals surface area (Å²) in [5, 5.41) is 3.94. The Kier molecular flexibility index (Phi) is 9.48. The second-order valence-electron chi connectivity index (χ2n) is 9.86. The van der Waals surface area contributed by atoms with Crippen LogP contribution in [0.3, 0.4) is 0 Å². The van der Waals surface area contributed by atoms with Crippen molar-refractivity contribution in [2.24, 2.45) is 5.92 Å². The molecule has 5 aromatic rings. The fourth-order valence-electron chi connectivity index (χ4n) is 4.54. The zero-order chi connectivity index (χ0) is 28.3. The number of nitrogens with zero attached hydrogens (tertiary/aromatic N) is 1. The standard InChI is InChI=1S/C35H32N2O4/c38-34(29-22-27-12-7-8-16-33(27)36-23-29)17-9-13-28(25-40-24-26-10-3-1-4-11-26)35(39)37-30-18-20-32(21-19-30)41-31-14-5-2-6-15-31/h1-8,10-12,14-16,18-23,28H,9,13,17,24-25H2,(H,37,39). The van der Waals surface area contributed by atoms with Crippen LogP contribution in [0.25, 0.3) is 10.9 Å². The first-order chi connectivity index (χ1) is 20.1. The van der Waals surface area contributed by atoms with Crippen molar-refractivity contribution >= 4 is 28.3 Å². The number of benzene rings is 4. The molecule has 0 radical (unpaired) electrons. The monoisotopic (exact) mass is 544 g/mol. The summed E-state index contributed by atoms with van der Waals surface area (Å²) in [4.78, 5) is 30.6. The quantitative estimate of drug-likeness (QED) is 0.153. The van der Waals surface area contributed by atoms with Gasteiger partial charge in [0.2, 0.25) is 5.91 Å². The molecule has 4 aromatic carbocycles. The maximum absolute atomic E-state index is 13.3. The molecular weight excluding hydrogens is 512 g/mol. The fourth-order valence-corrected chi connectivity index (χ4v) is 4.54. The zero-order valence-corrected chi connectivity index (χ0v) is 22.7. The van der Waals surface area contributed by atoms with Gasteiger partial charge in [-0.25, -0.2) is 0 Å². The highest BCUT2D eigenvalue weighted by Gasteiger charge is 2.20. The number of para-hydroxylation sites is 2. The van der Waals surface area contributed by atoms with Crippen LogP contribution in [-0.4, -0.2) is 23.3 Å². The molecule has 0 bridgehead atoms. The molecule has 1 N–H and O–H groups in total. The number of fused-ring (bicyclic) bond motifs is 1. The number of anilines is 1. The molecule has 1 amide bonds. The van der Waals surface area contributed by atoms with Gasteiger partial charge in [-0.2, -0.15) is 0 Å². The van der Waals surface area contributed by atoms with E-state index < -0.39 is 5.92 Å². The number of nitrogens with one attached hydrogen (secondary N) is 1. The summed E-state index contributed by atoms with van der Waals surface area (Å²) in [6.45, 7) is 0.666. The summed E-state index contributed by atoms with van der Waals surface area (Å²) in [6.07, 6.45) is 3.03. The van der Waals surface area contributed by atoms with E-state index in [2.05, 4.69) is 10.3 Å². The van der Waals surface area contributed by atoms with E-state index in [1.54, 1.807) is 6.20 Å². The van der Waals surface area contributed by atoms with E-state index in [-0.39, 0.29) is 18.3 Å². The van der Waals surface area contributed by atoms with Gasteiger partial charge in [0.1, 0.15) is 11.5 Å². The van der Waals surface area contributed by atoms with Crippen LogP contribution in [0.15, 0.2) is 121 Å². The molecule has 1 atom stereocenters. The number of aromatic nitrogens is 1. The Morgan fingerprint density at radius 1 is 0.780 bits per heavy atom. The number of Topliss-reactive ketones (excluding diaryl/α,β-unsaturated/α-hetero) is 1. The van der Waals surface area contributed by atoms with Crippen LogP contribution in [0.2, 0.25) is 0 Å². The average molecular weight is 545 g/mol. The molecule has 41 heavy (non-hydrogen) atoms. The summed E-state index contributed by atoms with van der Waals surface area (Å²) < 4.78 is 11.8. The van der Waals surface area contributed by atoms with E-state index in [1.165, 1.54) is 0 Å². The van der Waals surface area contributed by atoms with Crippen LogP contribution in [0.5, 0.6) is 11.5 Å². The number of pyridine rings is 1. The summed E-state index contributed by atoms with van der Waals surface area (Å²) in [6, 6.07) is 36.3. The van der Waals surface area contributed by atoms with Gasteiger partial charge in [-0.1, -0.05) is 66.7 Å². The molecule has 1 unspecified atom stereocenters. The largest absolute Gasteiger partial charge is 0.457 e. The highest BCUT2D eigenvalue weighted by molar-refractivity contribution is 5.98. The van der Waals surface area contributed by atoms with Gasteiger partial charge >= 0.3 is 0 Å². The van der Waals surface area contributed by atoms with Gasteiger partial charge in [-0.15, -0.1) is 0 Å². The molecule has 6 heteroatoms. The minimum atomic E-state index is -0.415. The molecule has 0 aliphatic carbocycles. The number of hydrogen-bond donors (Lipinski definition) is 1. The molecule has 206 valence electrons. The molecule has 6 nitrogen and oxygen atoms in total. The van der Waals surface area contributed by atoms with Crippen molar-refractivity contribution in [1.29, 1.82) is 0 Å². The van der Waals surface area contributed by atoms with Crippen LogP contribution >= 0.6 is 0 Å². The molecule has 5 rings (SSSR count). The van der Waals surface area contributed by atoms with Gasteiger partial charge in [-0.3, -0.25) is 14.6 Å². The molecule has 0 saturated carbocycles. The van der Waals surface area contributed by atoms with E-state index in [0.29, 0.717) is 42.9 Å². The van der Waals surface area contributed by atoms with Crippen molar-refractivity contribution in [2.45, 2.75) is 25.9 Å². The Morgan fingerprint density at radius 2 is 1.46 bits per heavy atom. The molecule has 0 aliphatic rings. The molecule has 0 aliphatic heterocycles. The Hall–Kier alpha value is -4.81. The van der Waals surface area contributed by atoms with E-state index in [0.717, 1.165) is 22.2 Å². The Morgan fingerprint density at radius 3 is 2.24 bits per heavy atom. The molecule has 0 fully saturated rings. The zero-order valence-electron chi connectivity index (χ0n) is 22.7. The first kappa shape index (κ1) is 27.7. The topological polar surface area (TPSA) is 77.5 Å². The van der Waals surface area contributed by atoms with Crippen LogP contribution in [0.1, 0.15) is 35.2 Å². The van der Waals surface area contributed by atoms with Crippen molar-refractivity contribution in [3.05, 3.63) is 133 Å². The van der Waals surface area contributed by atoms with Crippen molar-refractivity contribution in [1.82, 2.24) is 4.98 Å². The lowest BCUT2D eigenvalue weighted by molar-refractivity contribution is -0.122. The Balaban J connectivity index is 1.19. The van der Waals surface area contributed by atoms with Crippen LogP contribution in [-0.2, 0) is 16.1 Å². The van der Waals surface area contributed by atoms with Gasteiger partial charge in [-0.05, 0) is 66.9 Å². The predicted octanol–water partition coefficient (Wildman–Crippen LogP) is 7.85. The first-order valence-electron chi connectivity index (χ1n) is 13.8. The van der Waals surface area contributed by atoms with Gasteiger partial charge < -0.3 is 14.8 Å². The molecule has 0 spiro atoms. The Labute approximate surface area is 240 Å². The maximum atomic E-state index is 13.3. The second kappa shape index (κ2) is 14.0. The summed E-state index contributed by atoms with van der Waals surface area (Å²) in [5.74, 6) is 0.880. The highest BCUT2D eigenvalue weighted by Crippen LogP contribution is 2.24. The number of ketones is 1. The minimum absolute atomic E-state index is 0.0154. The molecule has 0 saturated heterocycles. The number of ether oxygens (including phenoxy) is 2. The van der Waals surface area contributed by atoms with E-state index in [1.807, 2.05) is 115 Å². The third-order valence-electron chi connectivity index (χ3n) is 6.77. The van der Waals surface area contributed by atoms with Gasteiger partial charge in [0.05, 0.1) is 24.6 Å². The van der Waals surface area contributed by atoms with E-state index in [4.69, 9.17) is 9.47 Å². The third-order valence-corrected chi connectivity index (χ3v) is 6.77. The summed E-state index contributed by atoms with van der Waals surface area (Å²) in [5.41, 5.74) is 3.15. The van der Waals surface area contributed by atoms with Crippen LogP contribution in [0, 0.1) is 5.92 Å². The van der Waals surface area contributed by atoms with Crippen molar-refractivity contribution in [3.63, 3.8) is 0 Å². The minimum Gasteiger partial charge on any atom is -0.457 e. The predicted molar refractivity (Wildman–Crippen MR) is 161 cm³/mol. The molecule has 1 aromatic heterocycles. The highest BCUT2D eigenvalue weighted by atomic mass is 16.5. The average Bonchev–Trinajstić information content (AvgIpc) is 3.02. The maximum Gasteiger partial charge on any atom is 0.229 e. The number of rotatable bonds is 13. The van der Waals surface area contributed by atoms with E-state index >= 15 is 0 Å². The summed E-state index contributed by atoms with van der Waals surface area (Å²) in [7, 11) is 0. The third kappa shape index (κ3) is 8.10. The lowest BCUT2D eigenvalue weighted by Crippen LogP contribution is -2.27. The molecular formula is C35H32N2O4. The normalized spacial score (nSPS) is 11.6. The van der Waals surface area contributed by atoms with Crippen molar-refractivity contribution < 1.29 is 19.1 Å². The number of amides is 1. The first-order valence-corrected chi connectivity index (χ1v) is 13.8. The fraction of sp³-hybridized carbons (Fsp3) is 0.171. The van der Waals surface area contributed by atoms with Gasteiger partial charge in [0.15, 0.2) is 5.78 Å².